The van der Waals surface area contributed by atoms with Crippen molar-refractivity contribution in [3.05, 3.63) is 29.1 Å². The van der Waals surface area contributed by atoms with Gasteiger partial charge >= 0.3 is 5.97 Å². The van der Waals surface area contributed by atoms with Gasteiger partial charge in [0.25, 0.3) is 5.03 Å². The van der Waals surface area contributed by atoms with Crippen molar-refractivity contribution in [3.63, 3.8) is 0 Å². The van der Waals surface area contributed by atoms with Crippen LogP contribution in [0.5, 0.6) is 0 Å². The third-order valence-corrected chi connectivity index (χ3v) is 2.16. The molecule has 0 unspecified atom stereocenters. The average molecular weight is 224 g/mol. The summed E-state index contributed by atoms with van der Waals surface area (Å²) in [5.74, 6) is -0.546. The van der Waals surface area contributed by atoms with Gasteiger partial charge in [-0.15, -0.1) is 0 Å². The molecule has 0 aliphatic rings. The first kappa shape index (κ1) is 11.3. The Hall–Kier alpha value is -1.74. The van der Waals surface area contributed by atoms with Crippen molar-refractivity contribution < 1.29 is 14.3 Å². The number of hydrogen-bond donors (Lipinski definition) is 0. The summed E-state index contributed by atoms with van der Waals surface area (Å²) in [6, 6.07) is 2.86. The van der Waals surface area contributed by atoms with E-state index in [9.17, 15) is 10.0 Å². The van der Waals surface area contributed by atoms with E-state index in [-0.39, 0.29) is 17.2 Å². The Kier molecular flexibility index (Phi) is 3.94. The standard InChI is InChI=1S/C9H8N2O3S/c1-2-14-9(12)7-3-4-8(15-6-10)11(13)5-7/h3-5H,2H2,1H3. The van der Waals surface area contributed by atoms with Crippen molar-refractivity contribution in [2.24, 2.45) is 0 Å². The van der Waals surface area contributed by atoms with Crippen molar-refractivity contribution in [3.8, 4) is 5.40 Å². The van der Waals surface area contributed by atoms with E-state index in [4.69, 9.17) is 10.00 Å². The second-order valence-corrected chi connectivity index (χ2v) is 3.30. The normalized spacial score (nSPS) is 9.33. The summed E-state index contributed by atoms with van der Waals surface area (Å²) < 4.78 is 5.19. The van der Waals surface area contributed by atoms with Crippen LogP contribution in [0.2, 0.25) is 0 Å². The molecule has 0 aliphatic carbocycles. The Bertz CT molecular complexity index is 414. The average Bonchev–Trinajstić information content (AvgIpc) is 2.21. The van der Waals surface area contributed by atoms with Crippen LogP contribution < -0.4 is 4.73 Å². The van der Waals surface area contributed by atoms with Crippen molar-refractivity contribution in [1.29, 1.82) is 5.26 Å². The number of hydrogen-bond acceptors (Lipinski definition) is 5. The first-order chi connectivity index (χ1) is 7.19. The van der Waals surface area contributed by atoms with Gasteiger partial charge in [-0.1, -0.05) is 0 Å². The van der Waals surface area contributed by atoms with Crippen LogP contribution in [-0.2, 0) is 4.74 Å². The van der Waals surface area contributed by atoms with Gasteiger partial charge in [-0.25, -0.2) is 4.79 Å². The Morgan fingerprint density at radius 2 is 2.47 bits per heavy atom. The van der Waals surface area contributed by atoms with Gasteiger partial charge in [-0.05, 0) is 13.0 Å². The molecule has 15 heavy (non-hydrogen) atoms. The Labute approximate surface area is 90.9 Å². The monoisotopic (exact) mass is 224 g/mol. The highest BCUT2D eigenvalue weighted by Gasteiger charge is 2.13. The fourth-order valence-corrected chi connectivity index (χ4v) is 1.30. The molecular weight excluding hydrogens is 216 g/mol. The van der Waals surface area contributed by atoms with E-state index < -0.39 is 5.97 Å². The first-order valence-electron chi connectivity index (χ1n) is 4.15. The molecule has 0 spiro atoms. The largest absolute Gasteiger partial charge is 0.618 e. The minimum atomic E-state index is -0.546. The lowest BCUT2D eigenvalue weighted by Crippen LogP contribution is -2.29. The maximum atomic E-state index is 11.3. The highest BCUT2D eigenvalue weighted by molar-refractivity contribution is 8.03. The number of ether oxygens (including phenoxy) is 1. The van der Waals surface area contributed by atoms with Crippen LogP contribution in [0.15, 0.2) is 23.4 Å². The molecule has 1 aromatic heterocycles. The predicted molar refractivity (Wildman–Crippen MR) is 52.8 cm³/mol. The Balaban J connectivity index is 2.92. The minimum absolute atomic E-state index is 0.175. The number of pyridine rings is 1. The molecule has 0 fully saturated rings. The van der Waals surface area contributed by atoms with Crippen LogP contribution in [0.3, 0.4) is 0 Å². The van der Waals surface area contributed by atoms with Crippen LogP contribution in [-0.4, -0.2) is 12.6 Å². The molecule has 1 rings (SSSR count). The van der Waals surface area contributed by atoms with Gasteiger partial charge in [-0.3, -0.25) is 0 Å². The molecule has 0 aliphatic heterocycles. The Morgan fingerprint density at radius 3 is 3.00 bits per heavy atom. The lowest BCUT2D eigenvalue weighted by molar-refractivity contribution is -0.645. The molecule has 0 aromatic carbocycles. The summed E-state index contributed by atoms with van der Waals surface area (Å²) in [5, 5.41) is 21.7. The molecule has 0 saturated heterocycles. The van der Waals surface area contributed by atoms with E-state index in [0.29, 0.717) is 4.73 Å². The summed E-state index contributed by atoms with van der Waals surface area (Å²) >= 11 is 0.740. The smallest absolute Gasteiger partial charge is 0.344 e. The lowest BCUT2D eigenvalue weighted by atomic mass is 10.3. The van der Waals surface area contributed by atoms with Crippen LogP contribution >= 0.6 is 11.8 Å². The molecule has 0 atom stereocenters. The molecule has 1 aromatic rings. The van der Waals surface area contributed by atoms with E-state index in [1.807, 2.05) is 0 Å². The van der Waals surface area contributed by atoms with E-state index in [1.54, 1.807) is 12.3 Å². The van der Waals surface area contributed by atoms with Gasteiger partial charge in [-0.2, -0.15) is 9.99 Å². The fraction of sp³-hybridized carbons (Fsp3) is 0.222. The zero-order valence-corrected chi connectivity index (χ0v) is 8.78. The maximum Gasteiger partial charge on any atom is 0.344 e. The third kappa shape index (κ3) is 2.86. The van der Waals surface area contributed by atoms with E-state index in [1.165, 1.54) is 12.1 Å². The summed E-state index contributed by atoms with van der Waals surface area (Å²) in [7, 11) is 0. The minimum Gasteiger partial charge on any atom is -0.618 e. The fourth-order valence-electron chi connectivity index (χ4n) is 0.928. The number of thiocyanates is 1. The number of nitriles is 1. The van der Waals surface area contributed by atoms with E-state index >= 15 is 0 Å². The molecule has 0 bridgehead atoms. The topological polar surface area (TPSA) is 77.0 Å². The van der Waals surface area contributed by atoms with Gasteiger partial charge in [0.1, 0.15) is 11.0 Å². The summed E-state index contributed by atoms with van der Waals surface area (Å²) in [4.78, 5) is 11.2. The van der Waals surface area contributed by atoms with Gasteiger partial charge < -0.3 is 9.94 Å². The number of carbonyl (C=O) groups is 1. The summed E-state index contributed by atoms with van der Waals surface area (Å²) in [6.45, 7) is 1.94. The summed E-state index contributed by atoms with van der Waals surface area (Å²) in [6.07, 6.45) is 1.09. The third-order valence-electron chi connectivity index (χ3n) is 1.54. The Morgan fingerprint density at radius 1 is 1.73 bits per heavy atom. The zero-order chi connectivity index (χ0) is 11.3. The molecule has 5 nitrogen and oxygen atoms in total. The van der Waals surface area contributed by atoms with Gasteiger partial charge in [0, 0.05) is 6.07 Å². The predicted octanol–water partition coefficient (Wildman–Crippen LogP) is 1.07. The molecule has 1 heterocycles. The molecule has 0 N–H and O–H groups in total. The number of carbonyl (C=O) groups excluding carboxylic acids is 1. The highest BCUT2D eigenvalue weighted by Crippen LogP contribution is 2.11. The van der Waals surface area contributed by atoms with Crippen LogP contribution in [0, 0.1) is 15.9 Å². The SMILES string of the molecule is CCOC(=O)c1ccc(SC#N)[n+]([O-])c1. The lowest BCUT2D eigenvalue weighted by Gasteiger charge is -2.03. The highest BCUT2D eigenvalue weighted by atomic mass is 32.2. The number of thioether (sulfide) groups is 1. The van der Waals surface area contributed by atoms with Crippen LogP contribution in [0.1, 0.15) is 17.3 Å². The second-order valence-electron chi connectivity index (χ2n) is 2.50. The van der Waals surface area contributed by atoms with E-state index in [0.717, 1.165) is 18.0 Å². The van der Waals surface area contributed by atoms with Gasteiger partial charge in [0.05, 0.1) is 18.4 Å². The zero-order valence-electron chi connectivity index (χ0n) is 7.97. The summed E-state index contributed by atoms with van der Waals surface area (Å²) in [5.41, 5.74) is 0.175. The van der Waals surface area contributed by atoms with Crippen LogP contribution in [0.25, 0.3) is 0 Å². The van der Waals surface area contributed by atoms with Gasteiger partial charge in [0.2, 0.25) is 0 Å². The first-order valence-corrected chi connectivity index (χ1v) is 4.97. The van der Waals surface area contributed by atoms with Gasteiger partial charge in [0.15, 0.2) is 6.20 Å². The van der Waals surface area contributed by atoms with Crippen molar-refractivity contribution in [2.45, 2.75) is 11.9 Å². The molecule has 0 amide bonds. The molecule has 0 radical (unpaired) electrons. The number of aromatic nitrogens is 1. The van der Waals surface area contributed by atoms with Crippen LogP contribution in [0.4, 0.5) is 0 Å². The van der Waals surface area contributed by atoms with Crippen molar-refractivity contribution in [2.75, 3.05) is 6.61 Å². The molecule has 78 valence electrons. The second kappa shape index (κ2) is 5.22. The molecule has 0 saturated carbocycles. The van der Waals surface area contributed by atoms with Crippen molar-refractivity contribution >= 4 is 17.7 Å². The number of esters is 1. The number of nitrogens with zero attached hydrogens (tertiary/aromatic N) is 2. The molecule has 6 heteroatoms. The number of rotatable bonds is 3. The van der Waals surface area contributed by atoms with E-state index in [2.05, 4.69) is 0 Å². The molecular formula is C9H8N2O3S. The maximum absolute atomic E-state index is 11.3. The quantitative estimate of drug-likeness (QED) is 0.252. The van der Waals surface area contributed by atoms with Crippen molar-refractivity contribution in [1.82, 2.24) is 0 Å².